The summed E-state index contributed by atoms with van der Waals surface area (Å²) in [5, 5.41) is 11.9. The molecule has 108 valence electrons. The lowest BCUT2D eigenvalue weighted by atomic mass is 10.1. The van der Waals surface area contributed by atoms with E-state index in [0.29, 0.717) is 12.3 Å². The van der Waals surface area contributed by atoms with Crippen LogP contribution >= 0.6 is 0 Å². The van der Waals surface area contributed by atoms with E-state index in [0.717, 1.165) is 17.7 Å². The first kappa shape index (κ1) is 13.8. The van der Waals surface area contributed by atoms with E-state index in [1.54, 1.807) is 0 Å². The zero-order valence-corrected chi connectivity index (χ0v) is 11.8. The summed E-state index contributed by atoms with van der Waals surface area (Å²) >= 11 is 0. The first-order chi connectivity index (χ1) is 10.3. The molecule has 2 aromatic carbocycles. The lowest BCUT2D eigenvalue weighted by Gasteiger charge is -2.06. The van der Waals surface area contributed by atoms with Crippen LogP contribution in [0.5, 0.6) is 0 Å². The molecule has 1 aliphatic carbocycles. The van der Waals surface area contributed by atoms with Gasteiger partial charge in [0.2, 0.25) is 5.91 Å². The highest BCUT2D eigenvalue weighted by molar-refractivity contribution is 5.95. The van der Waals surface area contributed by atoms with Crippen LogP contribution in [0.25, 0.3) is 0 Å². The number of rotatable bonds is 5. The van der Waals surface area contributed by atoms with Gasteiger partial charge in [-0.1, -0.05) is 42.5 Å². The van der Waals surface area contributed by atoms with Crippen molar-refractivity contribution in [3.63, 3.8) is 0 Å². The summed E-state index contributed by atoms with van der Waals surface area (Å²) in [6.45, 7) is 0.145. The van der Waals surface area contributed by atoms with Crippen LogP contribution in [-0.4, -0.2) is 17.6 Å². The number of benzene rings is 2. The minimum absolute atomic E-state index is 0.0875. The first-order valence-electron chi connectivity index (χ1n) is 7.33. The summed E-state index contributed by atoms with van der Waals surface area (Å²) < 4.78 is 0. The predicted molar refractivity (Wildman–Crippen MR) is 83.2 cm³/mol. The van der Waals surface area contributed by atoms with Gasteiger partial charge < -0.3 is 10.4 Å². The van der Waals surface area contributed by atoms with Gasteiger partial charge in [0, 0.05) is 18.2 Å². The molecular weight excluding hydrogens is 262 g/mol. The lowest BCUT2D eigenvalue weighted by Crippen LogP contribution is -2.14. The minimum Gasteiger partial charge on any atom is -0.396 e. The van der Waals surface area contributed by atoms with Crippen molar-refractivity contribution >= 4 is 11.6 Å². The Morgan fingerprint density at radius 3 is 2.48 bits per heavy atom. The molecule has 0 radical (unpaired) electrons. The summed E-state index contributed by atoms with van der Waals surface area (Å²) in [4.78, 5) is 12.2. The molecule has 0 spiro atoms. The first-order valence-corrected chi connectivity index (χ1v) is 7.33. The highest BCUT2D eigenvalue weighted by Crippen LogP contribution is 2.47. The van der Waals surface area contributed by atoms with Gasteiger partial charge in [-0.15, -0.1) is 0 Å². The van der Waals surface area contributed by atoms with Crippen LogP contribution in [-0.2, 0) is 11.2 Å². The van der Waals surface area contributed by atoms with E-state index in [2.05, 4.69) is 17.4 Å². The number of hydrogen-bond acceptors (Lipinski definition) is 2. The third-order valence-electron chi connectivity index (χ3n) is 3.98. The zero-order valence-electron chi connectivity index (χ0n) is 11.8. The number of carbonyl (C=O) groups excluding carboxylic acids is 1. The van der Waals surface area contributed by atoms with Crippen molar-refractivity contribution in [1.29, 1.82) is 0 Å². The van der Waals surface area contributed by atoms with Crippen molar-refractivity contribution in [2.45, 2.75) is 18.8 Å². The minimum atomic E-state index is 0.0875. The summed E-state index contributed by atoms with van der Waals surface area (Å²) in [5.74, 6) is 0.545. The molecule has 0 aromatic heterocycles. The molecule has 1 saturated carbocycles. The SMILES string of the molecule is O=C(Nc1ccc(CCO)cc1)C1CC1c1ccccc1. The molecule has 0 heterocycles. The van der Waals surface area contributed by atoms with Gasteiger partial charge in [0.1, 0.15) is 0 Å². The number of hydrogen-bond donors (Lipinski definition) is 2. The largest absolute Gasteiger partial charge is 0.396 e. The van der Waals surface area contributed by atoms with Crippen LogP contribution in [0.2, 0.25) is 0 Å². The Balaban J connectivity index is 1.58. The summed E-state index contributed by atoms with van der Waals surface area (Å²) in [5.41, 5.74) is 3.14. The van der Waals surface area contributed by atoms with Gasteiger partial charge in [0.15, 0.2) is 0 Å². The highest BCUT2D eigenvalue weighted by Gasteiger charge is 2.43. The molecular formula is C18H19NO2. The second kappa shape index (κ2) is 6.10. The van der Waals surface area contributed by atoms with E-state index in [4.69, 9.17) is 5.11 Å². The van der Waals surface area contributed by atoms with Gasteiger partial charge in [0.25, 0.3) is 0 Å². The maximum atomic E-state index is 12.2. The average molecular weight is 281 g/mol. The Bertz CT molecular complexity index is 607. The molecule has 0 bridgehead atoms. The molecule has 1 fully saturated rings. The molecule has 0 aliphatic heterocycles. The molecule has 1 aliphatic rings. The number of amides is 1. The van der Waals surface area contributed by atoms with E-state index in [1.165, 1.54) is 5.56 Å². The van der Waals surface area contributed by atoms with Crippen molar-refractivity contribution < 1.29 is 9.90 Å². The predicted octanol–water partition coefficient (Wildman–Crippen LogP) is 2.96. The van der Waals surface area contributed by atoms with Crippen LogP contribution in [0.4, 0.5) is 5.69 Å². The third-order valence-corrected chi connectivity index (χ3v) is 3.98. The smallest absolute Gasteiger partial charge is 0.228 e. The number of anilines is 1. The van der Waals surface area contributed by atoms with E-state index in [-0.39, 0.29) is 18.4 Å². The van der Waals surface area contributed by atoms with Crippen LogP contribution < -0.4 is 5.32 Å². The Hall–Kier alpha value is -2.13. The van der Waals surface area contributed by atoms with Crippen molar-refractivity contribution in [2.75, 3.05) is 11.9 Å². The molecule has 2 N–H and O–H groups in total. The molecule has 21 heavy (non-hydrogen) atoms. The van der Waals surface area contributed by atoms with E-state index < -0.39 is 0 Å². The van der Waals surface area contributed by atoms with Gasteiger partial charge in [0.05, 0.1) is 0 Å². The lowest BCUT2D eigenvalue weighted by molar-refractivity contribution is -0.117. The van der Waals surface area contributed by atoms with E-state index in [1.807, 2.05) is 42.5 Å². The number of aliphatic hydroxyl groups is 1. The fourth-order valence-corrected chi connectivity index (χ4v) is 2.67. The van der Waals surface area contributed by atoms with Crippen LogP contribution in [0.1, 0.15) is 23.5 Å². The van der Waals surface area contributed by atoms with Gasteiger partial charge in [-0.05, 0) is 42.0 Å². The molecule has 3 nitrogen and oxygen atoms in total. The molecule has 2 unspecified atom stereocenters. The summed E-state index contributed by atoms with van der Waals surface area (Å²) in [6, 6.07) is 17.9. The number of nitrogens with one attached hydrogen (secondary N) is 1. The fraction of sp³-hybridized carbons (Fsp3) is 0.278. The Morgan fingerprint density at radius 1 is 1.10 bits per heavy atom. The molecule has 2 atom stereocenters. The highest BCUT2D eigenvalue weighted by atomic mass is 16.2. The Labute approximate surface area is 124 Å². The topological polar surface area (TPSA) is 49.3 Å². The maximum Gasteiger partial charge on any atom is 0.228 e. The summed E-state index contributed by atoms with van der Waals surface area (Å²) in [7, 11) is 0. The second-order valence-electron chi connectivity index (χ2n) is 5.52. The third kappa shape index (κ3) is 3.31. The van der Waals surface area contributed by atoms with Gasteiger partial charge in [-0.25, -0.2) is 0 Å². The van der Waals surface area contributed by atoms with Crippen LogP contribution in [0, 0.1) is 5.92 Å². The fourth-order valence-electron chi connectivity index (χ4n) is 2.67. The number of aliphatic hydroxyl groups excluding tert-OH is 1. The van der Waals surface area contributed by atoms with Gasteiger partial charge in [-0.2, -0.15) is 0 Å². The standard InChI is InChI=1S/C18H19NO2/c20-11-10-13-6-8-15(9-7-13)19-18(21)17-12-16(17)14-4-2-1-3-5-14/h1-9,16-17,20H,10-12H2,(H,19,21). The van der Waals surface area contributed by atoms with Crippen LogP contribution in [0.3, 0.4) is 0 Å². The van der Waals surface area contributed by atoms with Gasteiger partial charge in [-0.3, -0.25) is 4.79 Å². The molecule has 0 saturated heterocycles. The Kier molecular flexibility index (Phi) is 4.02. The summed E-state index contributed by atoms with van der Waals surface area (Å²) in [6.07, 6.45) is 1.57. The van der Waals surface area contributed by atoms with Crippen molar-refractivity contribution in [3.05, 3.63) is 65.7 Å². The van der Waals surface area contributed by atoms with E-state index in [9.17, 15) is 4.79 Å². The van der Waals surface area contributed by atoms with Crippen molar-refractivity contribution in [1.82, 2.24) is 0 Å². The molecule has 3 heteroatoms. The normalized spacial score (nSPS) is 20.0. The Morgan fingerprint density at radius 2 is 1.81 bits per heavy atom. The monoisotopic (exact) mass is 281 g/mol. The second-order valence-corrected chi connectivity index (χ2v) is 5.52. The maximum absolute atomic E-state index is 12.2. The number of carbonyl (C=O) groups is 1. The average Bonchev–Trinajstić information content (AvgIpc) is 3.31. The van der Waals surface area contributed by atoms with E-state index >= 15 is 0 Å². The van der Waals surface area contributed by atoms with Crippen molar-refractivity contribution in [2.24, 2.45) is 5.92 Å². The van der Waals surface area contributed by atoms with Crippen LogP contribution in [0.15, 0.2) is 54.6 Å². The zero-order chi connectivity index (χ0) is 14.7. The van der Waals surface area contributed by atoms with Crippen molar-refractivity contribution in [3.8, 4) is 0 Å². The molecule has 1 amide bonds. The van der Waals surface area contributed by atoms with Gasteiger partial charge >= 0.3 is 0 Å². The molecule has 3 rings (SSSR count). The quantitative estimate of drug-likeness (QED) is 0.885. The molecule has 2 aromatic rings.